The Hall–Kier alpha value is -4.12. The van der Waals surface area contributed by atoms with E-state index in [9.17, 15) is 19.5 Å². The molecule has 2 atom stereocenters. The number of methoxy groups -OCH3 is 1. The van der Waals surface area contributed by atoms with E-state index in [0.29, 0.717) is 36.5 Å². The summed E-state index contributed by atoms with van der Waals surface area (Å²) in [5.41, 5.74) is 2.14. The second-order valence-electron chi connectivity index (χ2n) is 9.86. The maximum atomic E-state index is 13.2. The minimum atomic E-state index is -1.60. The van der Waals surface area contributed by atoms with Crippen molar-refractivity contribution in [3.05, 3.63) is 58.0 Å². The number of anilines is 1. The molecule has 6 rings (SSSR count). The minimum Gasteiger partial charge on any atom is -0.497 e. The molecule has 2 fully saturated rings. The molecule has 2 unspecified atom stereocenters. The first kappa shape index (κ1) is 23.3. The van der Waals surface area contributed by atoms with Crippen molar-refractivity contribution in [3.63, 3.8) is 0 Å². The summed E-state index contributed by atoms with van der Waals surface area (Å²) in [6.07, 6.45) is 1.95. The van der Waals surface area contributed by atoms with Crippen molar-refractivity contribution < 1.29 is 29.0 Å². The third-order valence-electron chi connectivity index (χ3n) is 7.40. The Balaban J connectivity index is 1.35. The number of aromatic nitrogens is 1. The Morgan fingerprint density at radius 1 is 1.24 bits per heavy atom. The number of aliphatic hydroxyl groups is 1. The molecule has 3 N–H and O–H groups in total. The number of aliphatic hydroxyl groups excluding tert-OH is 1. The fourth-order valence-electron chi connectivity index (χ4n) is 5.47. The van der Waals surface area contributed by atoms with Gasteiger partial charge in [0.25, 0.3) is 11.8 Å². The van der Waals surface area contributed by atoms with Crippen molar-refractivity contribution in [1.82, 2.24) is 20.5 Å². The van der Waals surface area contributed by atoms with Crippen molar-refractivity contribution >= 4 is 29.7 Å². The number of benzene rings is 1. The van der Waals surface area contributed by atoms with Crippen molar-refractivity contribution in [2.24, 2.45) is 0 Å². The highest BCUT2D eigenvalue weighted by Crippen LogP contribution is 2.36. The van der Waals surface area contributed by atoms with Gasteiger partial charge in [0.1, 0.15) is 23.9 Å². The Kier molecular flexibility index (Phi) is 5.34. The maximum absolute atomic E-state index is 13.2. The lowest BCUT2D eigenvalue weighted by Crippen LogP contribution is -2.57. The van der Waals surface area contributed by atoms with Gasteiger partial charge < -0.3 is 29.7 Å². The molecule has 1 aromatic heterocycles. The summed E-state index contributed by atoms with van der Waals surface area (Å²) in [6, 6.07) is 6.61. The van der Waals surface area contributed by atoms with Crippen molar-refractivity contribution in [2.75, 3.05) is 31.6 Å². The van der Waals surface area contributed by atoms with Gasteiger partial charge in [0.05, 0.1) is 25.5 Å². The number of carbonyl (C=O) groups is 3. The van der Waals surface area contributed by atoms with Gasteiger partial charge in [0.15, 0.2) is 5.54 Å². The van der Waals surface area contributed by atoms with Crippen LogP contribution in [0.5, 0.6) is 5.75 Å². The molecule has 4 aliphatic heterocycles. The first-order valence-electron chi connectivity index (χ1n) is 12.2. The second-order valence-corrected chi connectivity index (χ2v) is 9.86. The summed E-state index contributed by atoms with van der Waals surface area (Å²) >= 11 is 0. The molecule has 1 aromatic carbocycles. The fourth-order valence-corrected chi connectivity index (χ4v) is 5.47. The average molecular weight is 506 g/mol. The largest absolute Gasteiger partial charge is 0.497 e. The number of aryl methyl sites for hydroxylation is 1. The lowest BCUT2D eigenvalue weighted by molar-refractivity contribution is -0.124. The van der Waals surface area contributed by atoms with Crippen LogP contribution in [-0.4, -0.2) is 71.2 Å². The quantitative estimate of drug-likeness (QED) is 0.514. The first-order valence-corrected chi connectivity index (χ1v) is 12.2. The fraction of sp³-hybridized carbons (Fsp3) is 0.385. The maximum Gasteiger partial charge on any atom is 0.322 e. The van der Waals surface area contributed by atoms with Crippen LogP contribution in [0.25, 0.3) is 6.08 Å². The van der Waals surface area contributed by atoms with Gasteiger partial charge in [0, 0.05) is 36.8 Å². The van der Waals surface area contributed by atoms with Gasteiger partial charge in [-0.2, -0.15) is 0 Å². The number of fused-ring (bicyclic) bond motifs is 2. The van der Waals surface area contributed by atoms with Crippen molar-refractivity contribution in [2.45, 2.75) is 38.1 Å². The number of β-amino-alcohol motifs (C(OH)–C–C–N with tert-alkyl or cyclic N) is 1. The van der Waals surface area contributed by atoms with Crippen LogP contribution in [0.1, 0.15) is 39.2 Å². The second kappa shape index (κ2) is 8.48. The Labute approximate surface area is 213 Å². The summed E-state index contributed by atoms with van der Waals surface area (Å²) < 4.78 is 11.3. The van der Waals surface area contributed by atoms with Crippen LogP contribution < -0.4 is 20.3 Å². The first-order chi connectivity index (χ1) is 17.8. The molecule has 4 aliphatic rings. The van der Waals surface area contributed by atoms with E-state index < -0.39 is 23.6 Å². The minimum absolute atomic E-state index is 0.112. The van der Waals surface area contributed by atoms with Gasteiger partial charge in [0.2, 0.25) is 0 Å². The number of imide groups is 1. The summed E-state index contributed by atoms with van der Waals surface area (Å²) in [5.74, 6) is 0.689. The molecule has 0 radical (unpaired) electrons. The molecule has 37 heavy (non-hydrogen) atoms. The zero-order valence-corrected chi connectivity index (χ0v) is 20.5. The van der Waals surface area contributed by atoms with Crippen molar-refractivity contribution in [1.29, 1.82) is 0 Å². The number of nitrogens with zero attached hydrogens (tertiary/aromatic N) is 3. The summed E-state index contributed by atoms with van der Waals surface area (Å²) in [6.45, 7) is 3.50. The number of carbonyl (C=O) groups excluding carboxylic acids is 3. The van der Waals surface area contributed by atoms with E-state index in [2.05, 4.69) is 10.6 Å². The smallest absolute Gasteiger partial charge is 0.322 e. The molecule has 0 bridgehead atoms. The topological polar surface area (TPSA) is 133 Å². The summed E-state index contributed by atoms with van der Waals surface area (Å²) in [7, 11) is 1.53. The number of urea groups is 1. The van der Waals surface area contributed by atoms with Crippen LogP contribution in [0.2, 0.25) is 0 Å². The van der Waals surface area contributed by atoms with Crippen LogP contribution >= 0.6 is 0 Å². The predicted octanol–water partition coefficient (Wildman–Crippen LogP) is 1.07. The predicted molar refractivity (Wildman–Crippen MR) is 132 cm³/mol. The van der Waals surface area contributed by atoms with Gasteiger partial charge in [-0.3, -0.25) is 14.9 Å². The third-order valence-corrected chi connectivity index (χ3v) is 7.40. The lowest BCUT2D eigenvalue weighted by Gasteiger charge is -2.34. The van der Waals surface area contributed by atoms with Gasteiger partial charge in [-0.1, -0.05) is 6.07 Å². The average Bonchev–Trinajstić information content (AvgIpc) is 3.53. The highest BCUT2D eigenvalue weighted by atomic mass is 16.5. The Morgan fingerprint density at radius 2 is 2.08 bits per heavy atom. The molecule has 11 nitrogen and oxygen atoms in total. The van der Waals surface area contributed by atoms with Gasteiger partial charge >= 0.3 is 6.03 Å². The van der Waals surface area contributed by atoms with Gasteiger partial charge in [-0.05, 0) is 42.7 Å². The molecule has 4 amide bonds. The zero-order chi connectivity index (χ0) is 25.9. The number of rotatable bonds is 5. The lowest BCUT2D eigenvalue weighted by atomic mass is 9.93. The number of pyridine rings is 1. The van der Waals surface area contributed by atoms with Crippen LogP contribution in [0.4, 0.5) is 10.6 Å². The number of amides is 4. The van der Waals surface area contributed by atoms with Crippen LogP contribution in [-0.2, 0) is 22.7 Å². The van der Waals surface area contributed by atoms with E-state index in [-0.39, 0.29) is 31.4 Å². The van der Waals surface area contributed by atoms with E-state index in [4.69, 9.17) is 14.5 Å². The molecule has 192 valence electrons. The Morgan fingerprint density at radius 3 is 2.78 bits per heavy atom. The molecule has 2 saturated heterocycles. The molecule has 0 spiro atoms. The van der Waals surface area contributed by atoms with Gasteiger partial charge in [-0.15, -0.1) is 0 Å². The molecule has 5 heterocycles. The number of nitrogens with one attached hydrogen (secondary N) is 2. The van der Waals surface area contributed by atoms with Crippen molar-refractivity contribution in [3.8, 4) is 5.75 Å². The molecular weight excluding hydrogens is 478 g/mol. The normalized spacial score (nSPS) is 24.4. The number of hydrogen-bond donors (Lipinski definition) is 3. The molecule has 2 aromatic rings. The van der Waals surface area contributed by atoms with E-state index in [1.807, 2.05) is 24.0 Å². The number of ether oxygens (including phenoxy) is 2. The third kappa shape index (κ3) is 3.77. The summed E-state index contributed by atoms with van der Waals surface area (Å²) in [4.78, 5) is 47.2. The van der Waals surface area contributed by atoms with Gasteiger partial charge in [-0.25, -0.2) is 9.78 Å². The molecule has 0 saturated carbocycles. The number of hydrogen-bond acceptors (Lipinski definition) is 8. The highest BCUT2D eigenvalue weighted by Gasteiger charge is 2.54. The Bertz CT molecular complexity index is 1370. The summed E-state index contributed by atoms with van der Waals surface area (Å²) in [5, 5.41) is 15.0. The van der Waals surface area contributed by atoms with E-state index in [1.54, 1.807) is 18.2 Å². The molecule has 0 aliphatic carbocycles. The van der Waals surface area contributed by atoms with E-state index in [0.717, 1.165) is 22.5 Å². The molecule has 11 heteroatoms. The molecular formula is C26H27N5O6. The SMILES string of the molecule is COc1ccc2c(c1)C(=O)N(CC1(C3=Cc4nc(N5CCC(O)C5)c(C)cc4CO3)NC(=O)NC1=O)C2. The van der Waals surface area contributed by atoms with E-state index in [1.165, 1.54) is 12.0 Å². The van der Waals surface area contributed by atoms with Crippen LogP contribution in [0.15, 0.2) is 30.0 Å². The van der Waals surface area contributed by atoms with Crippen LogP contribution in [0.3, 0.4) is 0 Å². The van der Waals surface area contributed by atoms with E-state index >= 15 is 0 Å². The highest BCUT2D eigenvalue weighted by molar-refractivity contribution is 6.10. The standard InChI is InChI=1S/C26H27N5O6/c1-14-7-16-12-37-21(9-20(16)27-22(14)30-6-5-17(32)11-30)26(24(34)28-25(35)29-26)13-31-10-15-3-4-18(36-2)8-19(15)23(31)33/h3-4,7-9,17,32H,5-6,10-13H2,1-2H3,(H2,28,29,34,35). The monoisotopic (exact) mass is 505 g/mol. The van der Waals surface area contributed by atoms with Crippen LogP contribution in [0, 0.1) is 6.92 Å². The zero-order valence-electron chi connectivity index (χ0n) is 20.5.